The molecule has 0 aromatic rings. The van der Waals surface area contributed by atoms with E-state index in [0.717, 1.165) is 6.42 Å². The SMILES string of the molecule is [NH]C(=O)NCCCN. The van der Waals surface area contributed by atoms with Crippen molar-refractivity contribution in [3.05, 3.63) is 0 Å². The average Bonchev–Trinajstić information content (AvgIpc) is 1.66. The molecular formula is C4H10N3O. The molecule has 0 unspecified atom stereocenters. The number of nitrogens with two attached hydrogens (primary N) is 1. The molecule has 0 saturated carbocycles. The van der Waals surface area contributed by atoms with Crippen molar-refractivity contribution in [3.63, 3.8) is 0 Å². The number of urea groups is 1. The molecule has 0 bridgehead atoms. The molecule has 1 radical (unpaired) electrons. The lowest BCUT2D eigenvalue weighted by molar-refractivity contribution is 0.247. The first-order chi connectivity index (χ1) is 3.77. The fourth-order valence-corrected chi connectivity index (χ4v) is 0.304. The normalized spacial score (nSPS) is 8.62. The summed E-state index contributed by atoms with van der Waals surface area (Å²) in [5.74, 6) is 0. The number of hydrogen-bond acceptors (Lipinski definition) is 2. The summed E-state index contributed by atoms with van der Waals surface area (Å²) in [4.78, 5) is 9.83. The highest BCUT2D eigenvalue weighted by Crippen LogP contribution is 1.67. The molecule has 2 amide bonds. The van der Waals surface area contributed by atoms with Crippen LogP contribution in [0.5, 0.6) is 0 Å². The topological polar surface area (TPSA) is 78.9 Å². The number of carbonyl (C=O) groups excluding carboxylic acids is 1. The summed E-state index contributed by atoms with van der Waals surface area (Å²) < 4.78 is 0. The Labute approximate surface area is 48.2 Å². The molecule has 0 fully saturated rings. The first-order valence-corrected chi connectivity index (χ1v) is 2.47. The van der Waals surface area contributed by atoms with Gasteiger partial charge in [0, 0.05) is 6.54 Å². The summed E-state index contributed by atoms with van der Waals surface area (Å²) in [6.45, 7) is 1.07. The highest BCUT2D eigenvalue weighted by atomic mass is 16.2. The third-order valence-electron chi connectivity index (χ3n) is 0.666. The largest absolute Gasteiger partial charge is 0.337 e. The van der Waals surface area contributed by atoms with Crippen molar-refractivity contribution in [3.8, 4) is 0 Å². The summed E-state index contributed by atoms with van der Waals surface area (Å²) in [6, 6.07) is -0.738. The maximum Gasteiger partial charge on any atom is 0.333 e. The monoisotopic (exact) mass is 116 g/mol. The Morgan fingerprint density at radius 1 is 1.75 bits per heavy atom. The van der Waals surface area contributed by atoms with Crippen LogP contribution in [0.25, 0.3) is 0 Å². The van der Waals surface area contributed by atoms with Crippen molar-refractivity contribution >= 4 is 6.03 Å². The molecule has 47 valence electrons. The quantitative estimate of drug-likeness (QED) is 0.479. The molecule has 4 N–H and O–H groups in total. The molecule has 0 atom stereocenters. The number of nitrogens with one attached hydrogen (secondary N) is 2. The fourth-order valence-electron chi connectivity index (χ4n) is 0.304. The average molecular weight is 116 g/mol. The first kappa shape index (κ1) is 7.23. The Kier molecular flexibility index (Phi) is 3.97. The summed E-state index contributed by atoms with van der Waals surface area (Å²) in [5.41, 5.74) is 11.5. The van der Waals surface area contributed by atoms with Gasteiger partial charge in [0.1, 0.15) is 0 Å². The molecular weight excluding hydrogens is 106 g/mol. The van der Waals surface area contributed by atoms with Crippen LogP contribution in [-0.4, -0.2) is 19.1 Å². The van der Waals surface area contributed by atoms with Gasteiger partial charge in [-0.2, -0.15) is 0 Å². The van der Waals surface area contributed by atoms with Gasteiger partial charge in [-0.1, -0.05) is 0 Å². The Balaban J connectivity index is 2.82. The van der Waals surface area contributed by atoms with Gasteiger partial charge in [0.05, 0.1) is 0 Å². The Morgan fingerprint density at radius 2 is 2.38 bits per heavy atom. The molecule has 0 heterocycles. The maximum absolute atomic E-state index is 9.83. The third kappa shape index (κ3) is 5.23. The number of hydrogen-bond donors (Lipinski definition) is 2. The lowest BCUT2D eigenvalue weighted by Crippen LogP contribution is -2.24. The minimum Gasteiger partial charge on any atom is -0.337 e. The minimum absolute atomic E-state index is 0.513. The maximum atomic E-state index is 9.83. The molecule has 8 heavy (non-hydrogen) atoms. The van der Waals surface area contributed by atoms with Gasteiger partial charge in [0.25, 0.3) is 0 Å². The highest BCUT2D eigenvalue weighted by molar-refractivity contribution is 5.70. The molecule has 0 spiro atoms. The van der Waals surface area contributed by atoms with E-state index in [2.05, 4.69) is 5.32 Å². The van der Waals surface area contributed by atoms with Gasteiger partial charge < -0.3 is 11.1 Å². The molecule has 4 heteroatoms. The lowest BCUT2D eigenvalue weighted by atomic mass is 10.4. The van der Waals surface area contributed by atoms with Crippen molar-refractivity contribution in [1.82, 2.24) is 11.1 Å². The standard InChI is InChI=1S/C4H10N3O/c5-2-1-3-7-4(6)8/h6H,1-3,5H2,(H,7,8). The zero-order valence-electron chi connectivity index (χ0n) is 4.61. The predicted molar refractivity (Wildman–Crippen MR) is 30.2 cm³/mol. The van der Waals surface area contributed by atoms with Gasteiger partial charge in [-0.05, 0) is 13.0 Å². The van der Waals surface area contributed by atoms with Crippen LogP contribution in [0.2, 0.25) is 0 Å². The van der Waals surface area contributed by atoms with Crippen molar-refractivity contribution in [2.24, 2.45) is 5.73 Å². The molecule has 0 saturated heterocycles. The second-order valence-electron chi connectivity index (χ2n) is 1.40. The second kappa shape index (κ2) is 4.39. The first-order valence-electron chi connectivity index (χ1n) is 2.47. The number of carbonyl (C=O) groups is 1. The lowest BCUT2D eigenvalue weighted by Gasteiger charge is -1.95. The van der Waals surface area contributed by atoms with Crippen LogP contribution in [-0.2, 0) is 0 Å². The van der Waals surface area contributed by atoms with Crippen molar-refractivity contribution < 1.29 is 4.79 Å². The molecule has 0 aliphatic heterocycles. The second-order valence-corrected chi connectivity index (χ2v) is 1.40. The van der Waals surface area contributed by atoms with Crippen molar-refractivity contribution in [1.29, 1.82) is 0 Å². The van der Waals surface area contributed by atoms with E-state index in [9.17, 15) is 4.79 Å². The fraction of sp³-hybridized carbons (Fsp3) is 0.750. The van der Waals surface area contributed by atoms with Crippen LogP contribution in [0.1, 0.15) is 6.42 Å². The Bertz CT molecular complexity index is 73.7. The van der Waals surface area contributed by atoms with Crippen LogP contribution >= 0.6 is 0 Å². The van der Waals surface area contributed by atoms with Gasteiger partial charge in [0.2, 0.25) is 0 Å². The molecule has 0 aliphatic rings. The van der Waals surface area contributed by atoms with E-state index in [-0.39, 0.29) is 0 Å². The van der Waals surface area contributed by atoms with Crippen LogP contribution in [0.3, 0.4) is 0 Å². The third-order valence-corrected chi connectivity index (χ3v) is 0.666. The van der Waals surface area contributed by atoms with E-state index in [1.807, 2.05) is 0 Å². The van der Waals surface area contributed by atoms with Crippen molar-refractivity contribution in [2.45, 2.75) is 6.42 Å². The summed E-state index contributed by atoms with van der Waals surface area (Å²) in [6.07, 6.45) is 0.741. The van der Waals surface area contributed by atoms with Gasteiger partial charge in [-0.3, -0.25) is 0 Å². The van der Waals surface area contributed by atoms with E-state index >= 15 is 0 Å². The summed E-state index contributed by atoms with van der Waals surface area (Å²) in [5, 5.41) is 2.29. The smallest absolute Gasteiger partial charge is 0.333 e. The van der Waals surface area contributed by atoms with Crippen LogP contribution in [0, 0.1) is 0 Å². The zero-order chi connectivity index (χ0) is 6.41. The van der Waals surface area contributed by atoms with Crippen LogP contribution in [0.15, 0.2) is 0 Å². The van der Waals surface area contributed by atoms with Gasteiger partial charge in [0.15, 0.2) is 0 Å². The van der Waals surface area contributed by atoms with Gasteiger partial charge in [-0.25, -0.2) is 10.5 Å². The van der Waals surface area contributed by atoms with Crippen LogP contribution in [0.4, 0.5) is 4.79 Å². The Morgan fingerprint density at radius 3 is 2.75 bits per heavy atom. The van der Waals surface area contributed by atoms with Crippen molar-refractivity contribution in [2.75, 3.05) is 13.1 Å². The summed E-state index contributed by atoms with van der Waals surface area (Å²) >= 11 is 0. The molecule has 0 aromatic carbocycles. The van der Waals surface area contributed by atoms with Gasteiger partial charge >= 0.3 is 6.03 Å². The van der Waals surface area contributed by atoms with E-state index < -0.39 is 6.03 Å². The van der Waals surface area contributed by atoms with Crippen LogP contribution < -0.4 is 16.8 Å². The summed E-state index contributed by atoms with van der Waals surface area (Å²) in [7, 11) is 0. The molecule has 0 aromatic heterocycles. The Hall–Kier alpha value is -0.770. The number of amides is 2. The molecule has 0 aliphatic carbocycles. The zero-order valence-corrected chi connectivity index (χ0v) is 4.61. The molecule has 4 nitrogen and oxygen atoms in total. The van der Waals surface area contributed by atoms with E-state index in [1.165, 1.54) is 0 Å². The molecule has 0 rings (SSSR count). The van der Waals surface area contributed by atoms with E-state index in [0.29, 0.717) is 13.1 Å². The van der Waals surface area contributed by atoms with E-state index in [1.54, 1.807) is 0 Å². The highest BCUT2D eigenvalue weighted by Gasteiger charge is 1.87. The minimum atomic E-state index is -0.738. The number of rotatable bonds is 3. The van der Waals surface area contributed by atoms with E-state index in [4.69, 9.17) is 11.5 Å². The predicted octanol–water partition coefficient (Wildman–Crippen LogP) is -0.672. The van der Waals surface area contributed by atoms with Gasteiger partial charge in [-0.15, -0.1) is 0 Å².